The monoisotopic (exact) mass is 793 g/mol. The van der Waals surface area contributed by atoms with Crippen molar-refractivity contribution < 1.29 is 59.1 Å². The maximum Gasteiger partial charge on any atom is 0.186 e. The Labute approximate surface area is 319 Å². The van der Waals surface area contributed by atoms with E-state index in [1.54, 1.807) is 11.8 Å². The van der Waals surface area contributed by atoms with Crippen molar-refractivity contribution in [3.63, 3.8) is 0 Å². The first-order valence-corrected chi connectivity index (χ1v) is 22.0. The molecule has 0 bridgehead atoms. The number of aliphatic hydroxyl groups excluding tert-OH is 6. The lowest BCUT2D eigenvalue weighted by Crippen LogP contribution is -2.55. The fourth-order valence-corrected chi connectivity index (χ4v) is 9.44. The first-order chi connectivity index (χ1) is 24.5. The zero-order valence-electron chi connectivity index (χ0n) is 32.1. The number of hydrogen-bond donors (Lipinski definition) is 7. The van der Waals surface area contributed by atoms with Crippen LogP contribution < -0.4 is 5.73 Å². The predicted octanol–water partition coefficient (Wildman–Crippen LogP) is 2.30. The molecule has 13 nitrogen and oxygen atoms in total. The molecule has 0 aromatic rings. The largest absolute Gasteiger partial charge is 0.390 e. The lowest BCUT2D eigenvalue weighted by molar-refractivity contribution is -0.273. The SMILES string of the molecule is CCC1C(CSCCN)O[C@H](OC)C(O)[C@H]1O.CCCSCC1O[C@H](OC)C(O)[C@@H](O)C1CC.CCCSCC1O[C@H](OC)C(O)[C@@H](O)C1CC. The van der Waals surface area contributed by atoms with Crippen LogP contribution in [-0.4, -0.2) is 167 Å². The second-order valence-electron chi connectivity index (χ2n) is 13.0. The van der Waals surface area contributed by atoms with Crippen LogP contribution in [0.15, 0.2) is 0 Å². The Kier molecular flexibility index (Phi) is 27.2. The highest BCUT2D eigenvalue weighted by Gasteiger charge is 2.45. The molecule has 3 fully saturated rings. The average molecular weight is 794 g/mol. The summed E-state index contributed by atoms with van der Waals surface area (Å²) in [6.07, 6.45) is -2.88. The van der Waals surface area contributed by atoms with Crippen molar-refractivity contribution >= 4 is 35.3 Å². The van der Waals surface area contributed by atoms with E-state index in [4.69, 9.17) is 34.2 Å². The molecule has 51 heavy (non-hydrogen) atoms. The quantitative estimate of drug-likeness (QED) is 0.0996. The van der Waals surface area contributed by atoms with Crippen LogP contribution in [0.4, 0.5) is 0 Å². The minimum atomic E-state index is -0.972. The van der Waals surface area contributed by atoms with Gasteiger partial charge >= 0.3 is 0 Å². The lowest BCUT2D eigenvalue weighted by Gasteiger charge is -2.42. The summed E-state index contributed by atoms with van der Waals surface area (Å²) in [6.45, 7) is 10.9. The molecule has 15 atom stereocenters. The molecule has 3 aliphatic rings. The van der Waals surface area contributed by atoms with E-state index >= 15 is 0 Å². The van der Waals surface area contributed by atoms with E-state index in [1.165, 1.54) is 21.3 Å². The van der Waals surface area contributed by atoms with Gasteiger partial charge in [-0.3, -0.25) is 0 Å². The molecule has 0 amide bonds. The average Bonchev–Trinajstić information content (AvgIpc) is 3.13. The van der Waals surface area contributed by atoms with E-state index in [9.17, 15) is 30.6 Å². The van der Waals surface area contributed by atoms with Gasteiger partial charge in [0.25, 0.3) is 0 Å². The maximum absolute atomic E-state index is 10.0. The van der Waals surface area contributed by atoms with Gasteiger partial charge in [-0.15, -0.1) is 0 Å². The molecule has 0 saturated carbocycles. The van der Waals surface area contributed by atoms with E-state index in [2.05, 4.69) is 13.8 Å². The van der Waals surface area contributed by atoms with Gasteiger partial charge in [-0.25, -0.2) is 0 Å². The molecule has 306 valence electrons. The Morgan fingerprint density at radius 2 is 0.745 bits per heavy atom. The van der Waals surface area contributed by atoms with Crippen LogP contribution in [0, 0.1) is 17.8 Å². The Hall–Kier alpha value is 0.530. The fraction of sp³-hybridized carbons (Fsp3) is 1.00. The zero-order valence-corrected chi connectivity index (χ0v) is 34.5. The van der Waals surface area contributed by atoms with Crippen LogP contribution in [0.25, 0.3) is 0 Å². The Morgan fingerprint density at radius 3 is 0.961 bits per heavy atom. The highest BCUT2D eigenvalue weighted by Crippen LogP contribution is 2.33. The van der Waals surface area contributed by atoms with Crippen molar-refractivity contribution in [3.05, 3.63) is 0 Å². The molecular formula is C35H71NO12S3. The van der Waals surface area contributed by atoms with Gasteiger partial charge < -0.3 is 64.8 Å². The molecule has 3 aliphatic heterocycles. The number of aliphatic hydroxyl groups is 6. The minimum absolute atomic E-state index is 0.0132. The van der Waals surface area contributed by atoms with Crippen molar-refractivity contribution in [2.24, 2.45) is 23.5 Å². The van der Waals surface area contributed by atoms with E-state index in [-0.39, 0.29) is 36.1 Å². The summed E-state index contributed by atoms with van der Waals surface area (Å²) in [6, 6.07) is 0. The number of thioether (sulfide) groups is 3. The predicted molar refractivity (Wildman–Crippen MR) is 206 cm³/mol. The normalized spacial score (nSPS) is 38.3. The van der Waals surface area contributed by atoms with Crippen molar-refractivity contribution in [1.29, 1.82) is 0 Å². The van der Waals surface area contributed by atoms with Gasteiger partial charge in [0.05, 0.1) is 36.6 Å². The third-order valence-corrected chi connectivity index (χ3v) is 13.1. The number of ether oxygens (including phenoxy) is 6. The molecule has 0 aromatic heterocycles. The Bertz CT molecular complexity index is 755. The number of nitrogens with two attached hydrogens (primary N) is 1. The highest BCUT2D eigenvalue weighted by molar-refractivity contribution is 7.99. The Balaban J connectivity index is 0.000000382. The summed E-state index contributed by atoms with van der Waals surface area (Å²) in [7, 11) is 4.45. The topological polar surface area (TPSA) is 203 Å². The molecule has 3 rings (SSSR count). The lowest BCUT2D eigenvalue weighted by atomic mass is 9.88. The van der Waals surface area contributed by atoms with Gasteiger partial charge in [0, 0.05) is 68.6 Å². The molecule has 3 saturated heterocycles. The van der Waals surface area contributed by atoms with E-state index < -0.39 is 55.5 Å². The van der Waals surface area contributed by atoms with Crippen LogP contribution >= 0.6 is 35.3 Å². The number of hydrogen-bond acceptors (Lipinski definition) is 16. The Morgan fingerprint density at radius 1 is 0.471 bits per heavy atom. The summed E-state index contributed by atoms with van der Waals surface area (Å²) in [5.41, 5.74) is 5.44. The second kappa shape index (κ2) is 28.0. The van der Waals surface area contributed by atoms with Gasteiger partial charge in [0.15, 0.2) is 18.9 Å². The molecule has 16 heteroatoms. The van der Waals surface area contributed by atoms with Gasteiger partial charge in [0.1, 0.15) is 18.3 Å². The van der Waals surface area contributed by atoms with Crippen molar-refractivity contribution in [1.82, 2.24) is 0 Å². The van der Waals surface area contributed by atoms with E-state index in [1.807, 2.05) is 44.3 Å². The second-order valence-corrected chi connectivity index (χ2v) is 16.5. The molecule has 0 aromatic carbocycles. The van der Waals surface area contributed by atoms with Crippen molar-refractivity contribution in [3.8, 4) is 0 Å². The van der Waals surface area contributed by atoms with Gasteiger partial charge in [-0.1, -0.05) is 34.6 Å². The molecule has 0 spiro atoms. The first-order valence-electron chi connectivity index (χ1n) is 18.5. The van der Waals surface area contributed by atoms with Gasteiger partial charge in [-0.2, -0.15) is 35.3 Å². The van der Waals surface area contributed by atoms with Crippen molar-refractivity contribution in [2.75, 3.05) is 62.4 Å². The summed E-state index contributed by atoms with van der Waals surface area (Å²) >= 11 is 5.34. The van der Waals surface area contributed by atoms with Crippen LogP contribution in [0.1, 0.15) is 66.7 Å². The summed E-state index contributed by atoms with van der Waals surface area (Å²) in [5.74, 6) is 5.42. The fourth-order valence-electron chi connectivity index (χ4n) is 6.52. The minimum Gasteiger partial charge on any atom is -0.390 e. The third-order valence-electron chi connectivity index (χ3n) is 9.48. The number of rotatable bonds is 18. The highest BCUT2D eigenvalue weighted by atomic mass is 32.2. The van der Waals surface area contributed by atoms with Crippen LogP contribution in [0.2, 0.25) is 0 Å². The summed E-state index contributed by atoms with van der Waals surface area (Å²) < 4.78 is 32.3. The van der Waals surface area contributed by atoms with E-state index in [0.29, 0.717) is 6.54 Å². The standard InChI is InChI=1S/2C12H24O4S.C11H23NO4S/c2*1-4-6-17-7-9-8(5-2)10(13)11(14)12(15-3)16-9;1-3-7-8(6-17-5-4-12)16-11(15-2)10(14)9(7)13/h2*8-14H,4-7H2,1-3H3;7-11,13-14H,3-6,12H2,1-2H3/t2*8?,9?,10-,11?,12-;7?,8?,9-,10?,11-/m000/s1. The van der Waals surface area contributed by atoms with Crippen LogP contribution in [0.5, 0.6) is 0 Å². The molecule has 9 unspecified atom stereocenters. The smallest absolute Gasteiger partial charge is 0.186 e. The van der Waals surface area contributed by atoms with Crippen LogP contribution in [0.3, 0.4) is 0 Å². The van der Waals surface area contributed by atoms with Crippen LogP contribution in [-0.2, 0) is 28.4 Å². The van der Waals surface area contributed by atoms with Gasteiger partial charge in [0.2, 0.25) is 0 Å². The molecule has 0 radical (unpaired) electrons. The zero-order chi connectivity index (χ0) is 38.5. The maximum atomic E-state index is 10.0. The molecule has 0 aliphatic carbocycles. The third kappa shape index (κ3) is 15.5. The molecule has 3 heterocycles. The number of methoxy groups -OCH3 is 3. The molecular weight excluding hydrogens is 723 g/mol. The van der Waals surface area contributed by atoms with E-state index in [0.717, 1.165) is 66.6 Å². The first kappa shape index (κ1) is 49.5. The summed E-state index contributed by atoms with van der Waals surface area (Å²) in [5, 5.41) is 59.6. The van der Waals surface area contributed by atoms with Crippen molar-refractivity contribution in [2.45, 2.75) is 141 Å². The molecule has 8 N–H and O–H groups in total. The summed E-state index contributed by atoms with van der Waals surface area (Å²) in [4.78, 5) is 0. The van der Waals surface area contributed by atoms with Gasteiger partial charge in [-0.05, 0) is 43.6 Å².